The summed E-state index contributed by atoms with van der Waals surface area (Å²) in [5.41, 5.74) is 0.938. The number of furan rings is 1. The highest BCUT2D eigenvalue weighted by Crippen LogP contribution is 2.21. The summed E-state index contributed by atoms with van der Waals surface area (Å²) in [6, 6.07) is 4.42. The van der Waals surface area contributed by atoms with Crippen molar-refractivity contribution in [3.05, 3.63) is 24.1 Å². The molecule has 1 N–H and O–H groups in total. The predicted molar refractivity (Wildman–Crippen MR) is 70.0 cm³/mol. The Morgan fingerprint density at radius 2 is 2.22 bits per heavy atom. The number of aryl methyl sites for hydroxylation is 1. The van der Waals surface area contributed by atoms with E-state index >= 15 is 0 Å². The molecule has 2 rings (SSSR count). The van der Waals surface area contributed by atoms with Crippen molar-refractivity contribution < 1.29 is 4.42 Å². The summed E-state index contributed by atoms with van der Waals surface area (Å²) >= 11 is 0. The van der Waals surface area contributed by atoms with Gasteiger partial charge in [-0.05, 0) is 18.6 Å². The van der Waals surface area contributed by atoms with E-state index in [1.807, 2.05) is 16.8 Å². The van der Waals surface area contributed by atoms with Crippen LogP contribution < -0.4 is 5.32 Å². The van der Waals surface area contributed by atoms with Crippen molar-refractivity contribution in [2.45, 2.75) is 46.3 Å². The standard InChI is InChI=1S/C13H20N4O/c1-4-7-17-12(9-15-16-17)13-6-5-11(18-13)8-14-10(2)3/h5-6,9-10,14H,4,7-8H2,1-3H3. The van der Waals surface area contributed by atoms with E-state index in [-0.39, 0.29) is 0 Å². The Labute approximate surface area is 107 Å². The summed E-state index contributed by atoms with van der Waals surface area (Å²) in [5, 5.41) is 11.3. The molecule has 0 bridgehead atoms. The highest BCUT2D eigenvalue weighted by Gasteiger charge is 2.10. The van der Waals surface area contributed by atoms with E-state index in [0.29, 0.717) is 6.04 Å². The molecule has 0 aliphatic heterocycles. The minimum Gasteiger partial charge on any atom is -0.458 e. The second-order valence-electron chi connectivity index (χ2n) is 4.64. The average Bonchev–Trinajstić information content (AvgIpc) is 2.94. The van der Waals surface area contributed by atoms with Gasteiger partial charge in [0.15, 0.2) is 5.76 Å². The molecule has 0 aromatic carbocycles. The zero-order valence-electron chi connectivity index (χ0n) is 11.2. The van der Waals surface area contributed by atoms with Crippen molar-refractivity contribution in [2.24, 2.45) is 0 Å². The number of rotatable bonds is 6. The van der Waals surface area contributed by atoms with E-state index in [4.69, 9.17) is 4.42 Å². The second kappa shape index (κ2) is 5.82. The molecule has 0 atom stereocenters. The number of nitrogens with zero attached hydrogens (tertiary/aromatic N) is 3. The van der Waals surface area contributed by atoms with Crippen molar-refractivity contribution in [3.8, 4) is 11.5 Å². The molecule has 0 amide bonds. The number of hydrogen-bond donors (Lipinski definition) is 1. The average molecular weight is 248 g/mol. The van der Waals surface area contributed by atoms with E-state index in [1.165, 1.54) is 0 Å². The Balaban J connectivity index is 2.11. The van der Waals surface area contributed by atoms with Gasteiger partial charge in [0.05, 0.1) is 12.7 Å². The van der Waals surface area contributed by atoms with Crippen LogP contribution in [0.4, 0.5) is 0 Å². The van der Waals surface area contributed by atoms with Gasteiger partial charge in [0.2, 0.25) is 0 Å². The maximum absolute atomic E-state index is 5.80. The number of hydrogen-bond acceptors (Lipinski definition) is 4. The lowest BCUT2D eigenvalue weighted by molar-refractivity contribution is 0.468. The van der Waals surface area contributed by atoms with Crippen LogP contribution in [0.1, 0.15) is 33.0 Å². The van der Waals surface area contributed by atoms with Gasteiger partial charge in [0, 0.05) is 12.6 Å². The molecule has 0 saturated heterocycles. The molecular formula is C13H20N4O. The normalized spacial score (nSPS) is 11.3. The fourth-order valence-corrected chi connectivity index (χ4v) is 1.74. The maximum Gasteiger partial charge on any atom is 0.154 e. The third kappa shape index (κ3) is 2.98. The molecule has 2 aromatic heterocycles. The van der Waals surface area contributed by atoms with Gasteiger partial charge in [-0.25, -0.2) is 4.68 Å². The first-order valence-electron chi connectivity index (χ1n) is 6.41. The van der Waals surface area contributed by atoms with Crippen molar-refractivity contribution in [3.63, 3.8) is 0 Å². The minimum absolute atomic E-state index is 0.450. The molecule has 0 aliphatic carbocycles. The smallest absolute Gasteiger partial charge is 0.154 e. The molecule has 2 aromatic rings. The van der Waals surface area contributed by atoms with E-state index in [2.05, 4.69) is 36.4 Å². The van der Waals surface area contributed by atoms with Crippen molar-refractivity contribution in [1.29, 1.82) is 0 Å². The summed E-state index contributed by atoms with van der Waals surface area (Å²) < 4.78 is 7.68. The van der Waals surface area contributed by atoms with Gasteiger partial charge in [0.1, 0.15) is 11.5 Å². The van der Waals surface area contributed by atoms with Gasteiger partial charge in [0.25, 0.3) is 0 Å². The maximum atomic E-state index is 5.80. The van der Waals surface area contributed by atoms with Gasteiger partial charge in [-0.1, -0.05) is 26.0 Å². The topological polar surface area (TPSA) is 55.9 Å². The lowest BCUT2D eigenvalue weighted by Gasteiger charge is -2.05. The van der Waals surface area contributed by atoms with Gasteiger partial charge in [-0.2, -0.15) is 0 Å². The Morgan fingerprint density at radius 1 is 1.39 bits per heavy atom. The second-order valence-corrected chi connectivity index (χ2v) is 4.64. The SMILES string of the molecule is CCCn1nncc1-c1ccc(CNC(C)C)o1. The molecule has 0 unspecified atom stereocenters. The molecule has 0 fully saturated rings. The first kappa shape index (κ1) is 12.8. The predicted octanol–water partition coefficient (Wildman–Crippen LogP) is 2.45. The van der Waals surface area contributed by atoms with Crippen LogP contribution in [0.2, 0.25) is 0 Å². The first-order chi connectivity index (χ1) is 8.70. The summed E-state index contributed by atoms with van der Waals surface area (Å²) in [6.45, 7) is 7.95. The van der Waals surface area contributed by atoms with Crippen LogP contribution in [0.5, 0.6) is 0 Å². The summed E-state index contributed by atoms with van der Waals surface area (Å²) in [4.78, 5) is 0. The van der Waals surface area contributed by atoms with Crippen molar-refractivity contribution in [1.82, 2.24) is 20.3 Å². The van der Waals surface area contributed by atoms with Crippen molar-refractivity contribution in [2.75, 3.05) is 0 Å². The molecule has 5 heteroatoms. The van der Waals surface area contributed by atoms with Gasteiger partial charge in [-0.3, -0.25) is 0 Å². The van der Waals surface area contributed by atoms with Crippen LogP contribution in [-0.2, 0) is 13.1 Å². The van der Waals surface area contributed by atoms with E-state index < -0.39 is 0 Å². The molecule has 0 aliphatic rings. The minimum atomic E-state index is 0.450. The highest BCUT2D eigenvalue weighted by molar-refractivity contribution is 5.51. The zero-order valence-corrected chi connectivity index (χ0v) is 11.2. The lowest BCUT2D eigenvalue weighted by atomic mass is 10.3. The van der Waals surface area contributed by atoms with Crippen LogP contribution in [0.25, 0.3) is 11.5 Å². The van der Waals surface area contributed by atoms with Crippen LogP contribution in [0.15, 0.2) is 22.7 Å². The molecule has 98 valence electrons. The quantitative estimate of drug-likeness (QED) is 0.853. The van der Waals surface area contributed by atoms with E-state index in [9.17, 15) is 0 Å². The molecule has 0 radical (unpaired) electrons. The first-order valence-corrected chi connectivity index (χ1v) is 6.41. The molecule has 18 heavy (non-hydrogen) atoms. The molecule has 5 nitrogen and oxygen atoms in total. The number of aromatic nitrogens is 3. The van der Waals surface area contributed by atoms with Gasteiger partial charge < -0.3 is 9.73 Å². The molecule has 2 heterocycles. The summed E-state index contributed by atoms with van der Waals surface area (Å²) in [5.74, 6) is 1.76. The lowest BCUT2D eigenvalue weighted by Crippen LogP contribution is -2.21. The molecular weight excluding hydrogens is 228 g/mol. The Morgan fingerprint density at radius 3 is 2.94 bits per heavy atom. The third-order valence-electron chi connectivity index (χ3n) is 2.65. The molecule has 0 spiro atoms. The fourth-order valence-electron chi connectivity index (χ4n) is 1.74. The Bertz CT molecular complexity index is 487. The summed E-state index contributed by atoms with van der Waals surface area (Å²) in [7, 11) is 0. The van der Waals surface area contributed by atoms with Crippen LogP contribution >= 0.6 is 0 Å². The van der Waals surface area contributed by atoms with Crippen LogP contribution in [-0.4, -0.2) is 21.0 Å². The largest absolute Gasteiger partial charge is 0.458 e. The van der Waals surface area contributed by atoms with Gasteiger partial charge >= 0.3 is 0 Å². The van der Waals surface area contributed by atoms with Crippen molar-refractivity contribution >= 4 is 0 Å². The van der Waals surface area contributed by atoms with Crippen LogP contribution in [0.3, 0.4) is 0 Å². The fraction of sp³-hybridized carbons (Fsp3) is 0.538. The van der Waals surface area contributed by atoms with Gasteiger partial charge in [-0.15, -0.1) is 5.10 Å². The zero-order chi connectivity index (χ0) is 13.0. The van der Waals surface area contributed by atoms with Crippen LogP contribution in [0, 0.1) is 0 Å². The monoisotopic (exact) mass is 248 g/mol. The summed E-state index contributed by atoms with van der Waals surface area (Å²) in [6.07, 6.45) is 2.77. The van der Waals surface area contributed by atoms with E-state index in [0.717, 1.165) is 36.7 Å². The van der Waals surface area contributed by atoms with E-state index in [1.54, 1.807) is 6.20 Å². The Hall–Kier alpha value is -1.62. The highest BCUT2D eigenvalue weighted by atomic mass is 16.3. The Kier molecular flexibility index (Phi) is 4.15. The number of nitrogens with one attached hydrogen (secondary N) is 1. The molecule has 0 saturated carbocycles. The third-order valence-corrected chi connectivity index (χ3v) is 2.65.